The zero-order valence-corrected chi connectivity index (χ0v) is 12.5. The summed E-state index contributed by atoms with van der Waals surface area (Å²) in [6, 6.07) is 12.9. The van der Waals surface area contributed by atoms with Crippen molar-refractivity contribution in [2.75, 3.05) is 11.8 Å². The molecule has 0 saturated heterocycles. The van der Waals surface area contributed by atoms with Crippen molar-refractivity contribution < 1.29 is 17.9 Å². The maximum atomic E-state index is 12.5. The van der Waals surface area contributed by atoms with Crippen LogP contribution in [0.1, 0.15) is 15.9 Å². The molecule has 0 heterocycles. The molecule has 0 saturated carbocycles. The lowest BCUT2D eigenvalue weighted by Crippen LogP contribution is -2.18. The molecule has 5 nitrogen and oxygen atoms in total. The number of nitrogens with one attached hydrogen (secondary N) is 1. The number of para-hydroxylation sites is 1. The number of sulfonamides is 1. The van der Waals surface area contributed by atoms with Crippen molar-refractivity contribution in [3.8, 4) is 0 Å². The Bertz CT molecular complexity index is 769. The number of rotatable bonds is 4. The van der Waals surface area contributed by atoms with Gasteiger partial charge >= 0.3 is 5.97 Å². The SMILES string of the molecule is COC(=O)c1ccccc1S(=O)(=O)Nc1ccccc1C. The van der Waals surface area contributed by atoms with Gasteiger partial charge in [-0.3, -0.25) is 4.72 Å². The first-order valence-corrected chi connectivity index (χ1v) is 7.70. The fraction of sp³-hybridized carbons (Fsp3) is 0.133. The molecule has 0 radical (unpaired) electrons. The summed E-state index contributed by atoms with van der Waals surface area (Å²) in [5.74, 6) is -0.694. The summed E-state index contributed by atoms with van der Waals surface area (Å²) in [6.07, 6.45) is 0. The Morgan fingerprint density at radius 3 is 2.33 bits per heavy atom. The van der Waals surface area contributed by atoms with E-state index < -0.39 is 16.0 Å². The molecule has 0 aliphatic carbocycles. The van der Waals surface area contributed by atoms with Crippen molar-refractivity contribution in [1.29, 1.82) is 0 Å². The van der Waals surface area contributed by atoms with Crippen LogP contribution in [-0.2, 0) is 14.8 Å². The standard InChI is InChI=1S/C15H15NO4S/c1-11-7-3-5-9-13(11)16-21(18,19)14-10-6-4-8-12(14)15(17)20-2/h3-10,16H,1-2H3. The highest BCUT2D eigenvalue weighted by Crippen LogP contribution is 2.22. The summed E-state index contributed by atoms with van der Waals surface area (Å²) in [7, 11) is -2.66. The second-order valence-corrected chi connectivity index (χ2v) is 6.06. The van der Waals surface area contributed by atoms with Gasteiger partial charge in [0.05, 0.1) is 18.4 Å². The summed E-state index contributed by atoms with van der Waals surface area (Å²) in [5.41, 5.74) is 1.26. The summed E-state index contributed by atoms with van der Waals surface area (Å²) >= 11 is 0. The minimum atomic E-state index is -3.87. The van der Waals surface area contributed by atoms with Gasteiger partial charge in [-0.1, -0.05) is 30.3 Å². The number of ether oxygens (including phenoxy) is 1. The van der Waals surface area contributed by atoms with Gasteiger partial charge in [0, 0.05) is 0 Å². The molecule has 6 heteroatoms. The van der Waals surface area contributed by atoms with Gasteiger partial charge in [0.25, 0.3) is 10.0 Å². The van der Waals surface area contributed by atoms with Crippen LogP contribution < -0.4 is 4.72 Å². The van der Waals surface area contributed by atoms with Gasteiger partial charge in [-0.15, -0.1) is 0 Å². The minimum Gasteiger partial charge on any atom is -0.465 e. The number of hydrogen-bond acceptors (Lipinski definition) is 4. The molecule has 0 spiro atoms. The van der Waals surface area contributed by atoms with Gasteiger partial charge in [0.15, 0.2) is 0 Å². The predicted molar refractivity (Wildman–Crippen MR) is 79.8 cm³/mol. The molecular weight excluding hydrogens is 290 g/mol. The van der Waals surface area contributed by atoms with Crippen molar-refractivity contribution in [3.05, 3.63) is 59.7 Å². The average Bonchev–Trinajstić information content (AvgIpc) is 2.48. The molecule has 0 aliphatic heterocycles. The summed E-state index contributed by atoms with van der Waals surface area (Å²) in [6.45, 7) is 1.80. The van der Waals surface area contributed by atoms with E-state index in [4.69, 9.17) is 0 Å². The van der Waals surface area contributed by atoms with E-state index in [1.54, 1.807) is 37.3 Å². The highest BCUT2D eigenvalue weighted by atomic mass is 32.2. The molecule has 0 unspecified atom stereocenters. The Hall–Kier alpha value is -2.34. The normalized spacial score (nSPS) is 11.0. The van der Waals surface area contributed by atoms with Gasteiger partial charge in [0.2, 0.25) is 0 Å². The number of esters is 1. The van der Waals surface area contributed by atoms with Crippen LogP contribution in [0.5, 0.6) is 0 Å². The van der Waals surface area contributed by atoms with Gasteiger partial charge in [-0.05, 0) is 30.7 Å². The second kappa shape index (κ2) is 5.97. The number of aryl methyl sites for hydroxylation is 1. The summed E-state index contributed by atoms with van der Waals surface area (Å²) in [4.78, 5) is 11.6. The molecule has 2 aromatic rings. The number of hydrogen-bond donors (Lipinski definition) is 1. The third-order valence-electron chi connectivity index (χ3n) is 2.97. The lowest BCUT2D eigenvalue weighted by atomic mass is 10.2. The highest BCUT2D eigenvalue weighted by Gasteiger charge is 2.22. The van der Waals surface area contributed by atoms with Crippen LogP contribution >= 0.6 is 0 Å². The zero-order chi connectivity index (χ0) is 15.5. The minimum absolute atomic E-state index is 0.00100. The lowest BCUT2D eigenvalue weighted by molar-refractivity contribution is 0.0596. The Kier molecular flexibility index (Phi) is 4.28. The monoisotopic (exact) mass is 305 g/mol. The fourth-order valence-electron chi connectivity index (χ4n) is 1.87. The smallest absolute Gasteiger partial charge is 0.339 e. The van der Waals surface area contributed by atoms with Gasteiger partial charge < -0.3 is 4.74 Å². The molecule has 0 aliphatic rings. The van der Waals surface area contributed by atoms with Gasteiger partial charge in [-0.2, -0.15) is 0 Å². The molecule has 2 aromatic carbocycles. The first-order chi connectivity index (χ1) is 9.95. The Balaban J connectivity index is 2.46. The van der Waals surface area contributed by atoms with E-state index in [9.17, 15) is 13.2 Å². The number of carbonyl (C=O) groups excluding carboxylic acids is 1. The van der Waals surface area contributed by atoms with E-state index in [-0.39, 0.29) is 10.5 Å². The maximum Gasteiger partial charge on any atom is 0.339 e. The summed E-state index contributed by atoms with van der Waals surface area (Å²) < 4.78 is 32.1. The largest absolute Gasteiger partial charge is 0.465 e. The number of benzene rings is 2. The molecule has 0 atom stereocenters. The van der Waals surface area contributed by atoms with Crippen molar-refractivity contribution in [3.63, 3.8) is 0 Å². The van der Waals surface area contributed by atoms with Crippen molar-refractivity contribution in [2.24, 2.45) is 0 Å². The quantitative estimate of drug-likeness (QED) is 0.881. The van der Waals surface area contributed by atoms with Crippen molar-refractivity contribution in [2.45, 2.75) is 11.8 Å². The first kappa shape index (κ1) is 15.1. The molecule has 0 fully saturated rings. The van der Waals surface area contributed by atoms with E-state index in [0.29, 0.717) is 5.69 Å². The van der Waals surface area contributed by atoms with Crippen LogP contribution in [0.25, 0.3) is 0 Å². The third-order valence-corrected chi connectivity index (χ3v) is 4.39. The second-order valence-electron chi connectivity index (χ2n) is 4.41. The number of methoxy groups -OCH3 is 1. The molecule has 2 rings (SSSR count). The van der Waals surface area contributed by atoms with Crippen LogP contribution in [0.15, 0.2) is 53.4 Å². The number of anilines is 1. The molecule has 0 bridgehead atoms. The average molecular weight is 305 g/mol. The van der Waals surface area contributed by atoms with E-state index in [2.05, 4.69) is 9.46 Å². The topological polar surface area (TPSA) is 72.5 Å². The van der Waals surface area contributed by atoms with E-state index in [1.807, 2.05) is 6.07 Å². The van der Waals surface area contributed by atoms with Crippen LogP contribution in [-0.4, -0.2) is 21.5 Å². The lowest BCUT2D eigenvalue weighted by Gasteiger charge is -2.12. The molecule has 0 amide bonds. The Morgan fingerprint density at radius 2 is 1.67 bits per heavy atom. The first-order valence-electron chi connectivity index (χ1n) is 6.21. The Morgan fingerprint density at radius 1 is 1.05 bits per heavy atom. The molecule has 21 heavy (non-hydrogen) atoms. The van der Waals surface area contributed by atoms with Crippen LogP contribution in [0.4, 0.5) is 5.69 Å². The van der Waals surface area contributed by atoms with E-state index in [1.165, 1.54) is 19.2 Å². The van der Waals surface area contributed by atoms with Gasteiger partial charge in [-0.25, -0.2) is 13.2 Å². The van der Waals surface area contributed by atoms with Crippen LogP contribution in [0.2, 0.25) is 0 Å². The summed E-state index contributed by atoms with van der Waals surface area (Å²) in [5, 5.41) is 0. The molecule has 1 N–H and O–H groups in total. The highest BCUT2D eigenvalue weighted by molar-refractivity contribution is 7.92. The zero-order valence-electron chi connectivity index (χ0n) is 11.7. The van der Waals surface area contributed by atoms with Gasteiger partial charge in [0.1, 0.15) is 4.90 Å². The van der Waals surface area contributed by atoms with E-state index >= 15 is 0 Å². The maximum absolute atomic E-state index is 12.5. The third kappa shape index (κ3) is 3.22. The van der Waals surface area contributed by atoms with Crippen molar-refractivity contribution >= 4 is 21.7 Å². The molecule has 0 aromatic heterocycles. The van der Waals surface area contributed by atoms with Crippen molar-refractivity contribution in [1.82, 2.24) is 0 Å². The Labute approximate surface area is 123 Å². The molecule has 110 valence electrons. The van der Waals surface area contributed by atoms with E-state index in [0.717, 1.165) is 5.56 Å². The number of carbonyl (C=O) groups is 1. The van der Waals surface area contributed by atoms with Crippen LogP contribution in [0, 0.1) is 6.92 Å². The molecular formula is C15H15NO4S. The van der Waals surface area contributed by atoms with Crippen LogP contribution in [0.3, 0.4) is 0 Å². The predicted octanol–water partition coefficient (Wildman–Crippen LogP) is 2.58. The fourth-order valence-corrected chi connectivity index (χ4v) is 3.19.